The molecule has 0 spiro atoms. The highest BCUT2D eigenvalue weighted by Crippen LogP contribution is 2.15. The number of hydrogen-bond acceptors (Lipinski definition) is 2. The maximum absolute atomic E-state index is 12.1. The standard InChI is InChI=1S/C28H58N2O/c1-5-7-8-9-10-11-12-13-14-15-16-17-18-19-20-21-22-23-24-26-28(31)29-27(25-6-2)30(3)4/h27H,5-26H2,1-4H3,(H,29,31). The van der Waals surface area contributed by atoms with Crippen molar-refractivity contribution < 1.29 is 4.79 Å². The molecule has 3 nitrogen and oxygen atoms in total. The van der Waals surface area contributed by atoms with Gasteiger partial charge in [0.2, 0.25) is 5.91 Å². The van der Waals surface area contributed by atoms with Gasteiger partial charge in [0, 0.05) is 6.42 Å². The van der Waals surface area contributed by atoms with Crippen LogP contribution in [0.4, 0.5) is 0 Å². The van der Waals surface area contributed by atoms with Gasteiger partial charge in [-0.3, -0.25) is 9.69 Å². The molecule has 0 fully saturated rings. The molecular weight excluding hydrogens is 380 g/mol. The molecule has 186 valence electrons. The van der Waals surface area contributed by atoms with Crippen molar-refractivity contribution >= 4 is 5.91 Å². The van der Waals surface area contributed by atoms with Crippen LogP contribution >= 0.6 is 0 Å². The number of nitrogens with zero attached hydrogens (tertiary/aromatic N) is 1. The van der Waals surface area contributed by atoms with Gasteiger partial charge in [-0.2, -0.15) is 0 Å². The molecule has 0 bridgehead atoms. The summed E-state index contributed by atoms with van der Waals surface area (Å²) in [5, 5.41) is 3.16. The fraction of sp³-hybridized carbons (Fsp3) is 0.964. The number of rotatable bonds is 24. The summed E-state index contributed by atoms with van der Waals surface area (Å²) in [7, 11) is 4.08. The average molecular weight is 439 g/mol. The molecule has 0 saturated heterocycles. The van der Waals surface area contributed by atoms with Crippen LogP contribution in [0.2, 0.25) is 0 Å². The minimum Gasteiger partial charge on any atom is -0.341 e. The van der Waals surface area contributed by atoms with E-state index in [1.165, 1.54) is 116 Å². The average Bonchev–Trinajstić information content (AvgIpc) is 2.75. The van der Waals surface area contributed by atoms with Crippen LogP contribution in [0.1, 0.15) is 155 Å². The van der Waals surface area contributed by atoms with Crippen molar-refractivity contribution in [3.8, 4) is 0 Å². The van der Waals surface area contributed by atoms with Crippen molar-refractivity contribution in [2.45, 2.75) is 161 Å². The van der Waals surface area contributed by atoms with Crippen molar-refractivity contribution in [2.24, 2.45) is 0 Å². The van der Waals surface area contributed by atoms with Gasteiger partial charge < -0.3 is 5.32 Å². The van der Waals surface area contributed by atoms with E-state index in [-0.39, 0.29) is 12.1 Å². The zero-order valence-corrected chi connectivity index (χ0v) is 22.0. The molecule has 1 unspecified atom stereocenters. The Bertz CT molecular complexity index is 370. The first-order valence-electron chi connectivity index (χ1n) is 14.1. The summed E-state index contributed by atoms with van der Waals surface area (Å²) in [4.78, 5) is 14.2. The molecule has 1 atom stereocenters. The Kier molecular flexibility index (Phi) is 23.6. The molecule has 1 N–H and O–H groups in total. The van der Waals surface area contributed by atoms with E-state index < -0.39 is 0 Å². The Morgan fingerprint density at radius 3 is 1.26 bits per heavy atom. The second kappa shape index (κ2) is 24.1. The van der Waals surface area contributed by atoms with Gasteiger partial charge in [-0.1, -0.05) is 136 Å². The van der Waals surface area contributed by atoms with Gasteiger partial charge in [-0.25, -0.2) is 0 Å². The Balaban J connectivity index is 3.25. The number of amides is 1. The van der Waals surface area contributed by atoms with Crippen LogP contribution in [-0.2, 0) is 4.79 Å². The Hall–Kier alpha value is -0.570. The second-order valence-corrected chi connectivity index (χ2v) is 9.95. The minimum absolute atomic E-state index is 0.192. The highest BCUT2D eigenvalue weighted by atomic mass is 16.1. The summed E-state index contributed by atoms with van der Waals surface area (Å²) in [5.74, 6) is 0.221. The lowest BCUT2D eigenvalue weighted by Gasteiger charge is -2.25. The lowest BCUT2D eigenvalue weighted by atomic mass is 10.0. The molecule has 0 aliphatic carbocycles. The molecular formula is C28H58N2O. The van der Waals surface area contributed by atoms with E-state index in [9.17, 15) is 4.79 Å². The van der Waals surface area contributed by atoms with Crippen LogP contribution in [0, 0.1) is 0 Å². The van der Waals surface area contributed by atoms with E-state index in [0.29, 0.717) is 6.42 Å². The van der Waals surface area contributed by atoms with Crippen LogP contribution in [0.15, 0.2) is 0 Å². The summed E-state index contributed by atoms with van der Waals surface area (Å²) >= 11 is 0. The smallest absolute Gasteiger partial charge is 0.221 e. The third kappa shape index (κ3) is 22.4. The van der Waals surface area contributed by atoms with Crippen LogP contribution in [-0.4, -0.2) is 31.1 Å². The van der Waals surface area contributed by atoms with Crippen LogP contribution in [0.25, 0.3) is 0 Å². The summed E-state index contributed by atoms with van der Waals surface area (Å²) in [6, 6.07) is 0. The minimum atomic E-state index is 0.192. The van der Waals surface area contributed by atoms with Crippen LogP contribution in [0.3, 0.4) is 0 Å². The van der Waals surface area contributed by atoms with Gasteiger partial charge in [0.05, 0.1) is 6.17 Å². The van der Waals surface area contributed by atoms with Crippen molar-refractivity contribution in [1.82, 2.24) is 10.2 Å². The zero-order valence-electron chi connectivity index (χ0n) is 22.0. The number of carbonyl (C=O) groups is 1. The molecule has 0 heterocycles. The lowest BCUT2D eigenvalue weighted by Crippen LogP contribution is -2.44. The molecule has 0 aromatic heterocycles. The molecule has 0 radical (unpaired) electrons. The highest BCUT2D eigenvalue weighted by Gasteiger charge is 2.12. The second-order valence-electron chi connectivity index (χ2n) is 9.95. The first kappa shape index (κ1) is 30.4. The van der Waals surface area contributed by atoms with E-state index in [1.54, 1.807) is 0 Å². The third-order valence-electron chi connectivity index (χ3n) is 6.52. The summed E-state index contributed by atoms with van der Waals surface area (Å²) in [6.07, 6.45) is 29.4. The van der Waals surface area contributed by atoms with Gasteiger partial charge in [0.1, 0.15) is 0 Å². The third-order valence-corrected chi connectivity index (χ3v) is 6.52. The van der Waals surface area contributed by atoms with E-state index in [2.05, 4.69) is 24.1 Å². The van der Waals surface area contributed by atoms with E-state index in [0.717, 1.165) is 19.3 Å². The van der Waals surface area contributed by atoms with Gasteiger partial charge in [-0.05, 0) is 26.9 Å². The number of unbranched alkanes of at least 4 members (excludes halogenated alkanes) is 18. The Labute approximate surface area is 196 Å². The largest absolute Gasteiger partial charge is 0.341 e. The first-order valence-corrected chi connectivity index (χ1v) is 14.1. The molecule has 0 saturated carbocycles. The summed E-state index contributed by atoms with van der Waals surface area (Å²) in [6.45, 7) is 4.46. The molecule has 0 aliphatic rings. The highest BCUT2D eigenvalue weighted by molar-refractivity contribution is 5.76. The SMILES string of the molecule is CCCCCCCCCCCCCCCCCCCCCC(=O)NC(CCC)N(C)C. The van der Waals surface area contributed by atoms with Gasteiger partial charge in [-0.15, -0.1) is 0 Å². The normalized spacial score (nSPS) is 12.4. The topological polar surface area (TPSA) is 32.3 Å². The number of hydrogen-bond donors (Lipinski definition) is 1. The lowest BCUT2D eigenvalue weighted by molar-refractivity contribution is -0.123. The summed E-state index contributed by atoms with van der Waals surface area (Å²) < 4.78 is 0. The van der Waals surface area contributed by atoms with Crippen molar-refractivity contribution in [3.05, 3.63) is 0 Å². The van der Waals surface area contributed by atoms with E-state index >= 15 is 0 Å². The monoisotopic (exact) mass is 438 g/mol. The molecule has 0 rings (SSSR count). The molecule has 31 heavy (non-hydrogen) atoms. The predicted molar refractivity (Wildman–Crippen MR) is 139 cm³/mol. The van der Waals surface area contributed by atoms with Gasteiger partial charge in [0.25, 0.3) is 0 Å². The number of carbonyl (C=O) groups excluding carboxylic acids is 1. The fourth-order valence-electron chi connectivity index (χ4n) is 4.35. The van der Waals surface area contributed by atoms with E-state index in [1.807, 2.05) is 14.1 Å². The maximum Gasteiger partial charge on any atom is 0.221 e. The van der Waals surface area contributed by atoms with Crippen LogP contribution < -0.4 is 5.32 Å². The Morgan fingerprint density at radius 2 is 0.935 bits per heavy atom. The molecule has 0 aromatic rings. The van der Waals surface area contributed by atoms with Crippen LogP contribution in [0.5, 0.6) is 0 Å². The van der Waals surface area contributed by atoms with Crippen molar-refractivity contribution in [2.75, 3.05) is 14.1 Å². The van der Waals surface area contributed by atoms with Gasteiger partial charge >= 0.3 is 0 Å². The fourth-order valence-corrected chi connectivity index (χ4v) is 4.35. The molecule has 3 heteroatoms. The quantitative estimate of drug-likeness (QED) is 0.121. The summed E-state index contributed by atoms with van der Waals surface area (Å²) in [5.41, 5.74) is 0. The zero-order chi connectivity index (χ0) is 23.0. The van der Waals surface area contributed by atoms with Crippen molar-refractivity contribution in [3.63, 3.8) is 0 Å². The Morgan fingerprint density at radius 1 is 0.581 bits per heavy atom. The number of nitrogens with one attached hydrogen (secondary N) is 1. The van der Waals surface area contributed by atoms with E-state index in [4.69, 9.17) is 0 Å². The molecule has 0 aromatic carbocycles. The van der Waals surface area contributed by atoms with Crippen molar-refractivity contribution in [1.29, 1.82) is 0 Å². The predicted octanol–water partition coefficient (Wildman–Crippen LogP) is 8.61. The molecule has 0 aliphatic heterocycles. The van der Waals surface area contributed by atoms with Gasteiger partial charge in [0.15, 0.2) is 0 Å². The maximum atomic E-state index is 12.1. The first-order chi connectivity index (χ1) is 15.1. The molecule has 1 amide bonds.